The van der Waals surface area contributed by atoms with Crippen molar-refractivity contribution in [2.45, 2.75) is 6.42 Å². The van der Waals surface area contributed by atoms with Gasteiger partial charge in [-0.2, -0.15) is 0 Å². The maximum Gasteiger partial charge on any atom is 0.243 e. The largest absolute Gasteiger partial charge is 0.497 e. The monoisotopic (exact) mass is 395 g/mol. The highest BCUT2D eigenvalue weighted by Crippen LogP contribution is 2.23. The Morgan fingerprint density at radius 2 is 1.82 bits per heavy atom. The SMILES string of the molecule is COc1ccc(NC(=O)CN(C)C(=O)Cc2csc(-c3ccccc3)n2)cc1. The summed E-state index contributed by atoms with van der Waals surface area (Å²) in [5, 5.41) is 5.53. The molecule has 0 atom stereocenters. The summed E-state index contributed by atoms with van der Waals surface area (Å²) in [6, 6.07) is 16.9. The van der Waals surface area contributed by atoms with E-state index in [1.165, 1.54) is 16.2 Å². The number of benzene rings is 2. The molecule has 7 heteroatoms. The van der Waals surface area contributed by atoms with E-state index in [1.807, 2.05) is 35.7 Å². The van der Waals surface area contributed by atoms with Crippen molar-refractivity contribution in [2.24, 2.45) is 0 Å². The molecule has 0 unspecified atom stereocenters. The number of anilines is 1. The van der Waals surface area contributed by atoms with E-state index in [2.05, 4.69) is 10.3 Å². The number of rotatable bonds is 7. The van der Waals surface area contributed by atoms with Crippen molar-refractivity contribution in [2.75, 3.05) is 26.0 Å². The van der Waals surface area contributed by atoms with Gasteiger partial charge in [0.1, 0.15) is 10.8 Å². The fraction of sp³-hybridized carbons (Fsp3) is 0.190. The van der Waals surface area contributed by atoms with Gasteiger partial charge in [-0.05, 0) is 24.3 Å². The van der Waals surface area contributed by atoms with E-state index in [-0.39, 0.29) is 24.8 Å². The Kier molecular flexibility index (Phi) is 6.39. The zero-order valence-electron chi connectivity index (χ0n) is 15.7. The van der Waals surface area contributed by atoms with Gasteiger partial charge in [0.25, 0.3) is 0 Å². The molecule has 1 heterocycles. The third-order valence-corrected chi connectivity index (χ3v) is 5.03. The van der Waals surface area contributed by atoms with Gasteiger partial charge in [-0.15, -0.1) is 11.3 Å². The minimum atomic E-state index is -0.260. The van der Waals surface area contributed by atoms with Crippen molar-refractivity contribution in [1.82, 2.24) is 9.88 Å². The molecular formula is C21H21N3O3S. The second-order valence-electron chi connectivity index (χ2n) is 6.21. The van der Waals surface area contributed by atoms with Gasteiger partial charge in [-0.25, -0.2) is 4.98 Å². The van der Waals surface area contributed by atoms with Crippen LogP contribution in [0.5, 0.6) is 5.75 Å². The lowest BCUT2D eigenvalue weighted by molar-refractivity contribution is -0.132. The van der Waals surface area contributed by atoms with Crippen LogP contribution < -0.4 is 10.1 Å². The van der Waals surface area contributed by atoms with Gasteiger partial charge in [0.05, 0.1) is 25.8 Å². The average molecular weight is 395 g/mol. The predicted molar refractivity (Wildman–Crippen MR) is 111 cm³/mol. The molecule has 2 aromatic carbocycles. The molecule has 3 rings (SSSR count). The van der Waals surface area contributed by atoms with Crippen LogP contribution >= 0.6 is 11.3 Å². The number of nitrogens with one attached hydrogen (secondary N) is 1. The van der Waals surface area contributed by atoms with E-state index in [0.717, 1.165) is 10.6 Å². The average Bonchev–Trinajstić information content (AvgIpc) is 3.17. The maximum atomic E-state index is 12.4. The van der Waals surface area contributed by atoms with Gasteiger partial charge in [0.2, 0.25) is 11.8 Å². The van der Waals surface area contributed by atoms with Crippen molar-refractivity contribution in [3.05, 3.63) is 65.7 Å². The molecule has 0 spiro atoms. The molecule has 0 saturated carbocycles. The van der Waals surface area contributed by atoms with Crippen LogP contribution in [0.1, 0.15) is 5.69 Å². The van der Waals surface area contributed by atoms with E-state index in [0.29, 0.717) is 17.1 Å². The van der Waals surface area contributed by atoms with Crippen molar-refractivity contribution < 1.29 is 14.3 Å². The summed E-state index contributed by atoms with van der Waals surface area (Å²) < 4.78 is 5.09. The highest BCUT2D eigenvalue weighted by Gasteiger charge is 2.15. The van der Waals surface area contributed by atoms with E-state index >= 15 is 0 Å². The number of hydrogen-bond acceptors (Lipinski definition) is 5. The van der Waals surface area contributed by atoms with Gasteiger partial charge in [0.15, 0.2) is 0 Å². The number of aromatic nitrogens is 1. The van der Waals surface area contributed by atoms with Gasteiger partial charge < -0.3 is 15.0 Å². The standard InChI is InChI=1S/C21H21N3O3S/c1-24(13-19(25)22-16-8-10-18(27-2)11-9-16)20(26)12-17-14-28-21(23-17)15-6-4-3-5-7-15/h3-11,14H,12-13H2,1-2H3,(H,22,25). The predicted octanol–water partition coefficient (Wildman–Crippen LogP) is 3.46. The lowest BCUT2D eigenvalue weighted by Gasteiger charge is -2.16. The van der Waals surface area contributed by atoms with Crippen LogP contribution in [0.15, 0.2) is 60.0 Å². The molecule has 0 aliphatic rings. The van der Waals surface area contributed by atoms with E-state index in [1.54, 1.807) is 38.4 Å². The van der Waals surface area contributed by atoms with Crippen LogP contribution in [0.2, 0.25) is 0 Å². The molecule has 0 fully saturated rings. The van der Waals surface area contributed by atoms with Crippen LogP contribution in [0.25, 0.3) is 10.6 Å². The van der Waals surface area contributed by atoms with Crippen molar-refractivity contribution in [3.63, 3.8) is 0 Å². The zero-order valence-corrected chi connectivity index (χ0v) is 16.5. The van der Waals surface area contributed by atoms with Crippen LogP contribution in [-0.2, 0) is 16.0 Å². The van der Waals surface area contributed by atoms with Gasteiger partial charge in [-0.1, -0.05) is 30.3 Å². The Balaban J connectivity index is 1.52. The number of carbonyl (C=O) groups is 2. The molecule has 1 aromatic heterocycles. The summed E-state index contributed by atoms with van der Waals surface area (Å²) in [6.45, 7) is -0.0272. The van der Waals surface area contributed by atoms with Crippen molar-refractivity contribution in [1.29, 1.82) is 0 Å². The number of thiazole rings is 1. The topological polar surface area (TPSA) is 71.5 Å². The fourth-order valence-electron chi connectivity index (χ4n) is 2.57. The summed E-state index contributed by atoms with van der Waals surface area (Å²) in [6.07, 6.45) is 0.162. The molecule has 3 aromatic rings. The second-order valence-corrected chi connectivity index (χ2v) is 7.07. The number of likely N-dealkylation sites (N-methyl/N-ethyl adjacent to an activating group) is 1. The third kappa shape index (κ3) is 5.17. The first kappa shape index (κ1) is 19.6. The van der Waals surface area contributed by atoms with Gasteiger partial charge in [-0.3, -0.25) is 9.59 Å². The normalized spacial score (nSPS) is 10.4. The Hall–Kier alpha value is -3.19. The summed E-state index contributed by atoms with van der Waals surface area (Å²) in [7, 11) is 3.19. The van der Waals surface area contributed by atoms with Crippen LogP contribution in [0, 0.1) is 0 Å². The van der Waals surface area contributed by atoms with E-state index in [4.69, 9.17) is 4.74 Å². The minimum absolute atomic E-state index is 0.0272. The molecule has 6 nitrogen and oxygen atoms in total. The molecule has 144 valence electrons. The second kappa shape index (κ2) is 9.14. The van der Waals surface area contributed by atoms with E-state index in [9.17, 15) is 9.59 Å². The Labute approximate surface area is 167 Å². The lowest BCUT2D eigenvalue weighted by Crippen LogP contribution is -2.35. The molecular weight excluding hydrogens is 374 g/mol. The molecule has 2 amide bonds. The van der Waals surface area contributed by atoms with E-state index < -0.39 is 0 Å². The molecule has 0 bridgehead atoms. The first-order valence-electron chi connectivity index (χ1n) is 8.73. The number of methoxy groups -OCH3 is 1. The van der Waals surface area contributed by atoms with Crippen LogP contribution in [0.4, 0.5) is 5.69 Å². The van der Waals surface area contributed by atoms with Crippen molar-refractivity contribution >= 4 is 28.8 Å². The summed E-state index contributed by atoms with van der Waals surface area (Å²) in [5.41, 5.74) is 2.38. The fourth-order valence-corrected chi connectivity index (χ4v) is 3.40. The molecule has 0 radical (unpaired) electrons. The summed E-state index contributed by atoms with van der Waals surface area (Å²) >= 11 is 1.50. The number of nitrogens with zero attached hydrogens (tertiary/aromatic N) is 2. The van der Waals surface area contributed by atoms with Crippen molar-refractivity contribution in [3.8, 4) is 16.3 Å². The number of ether oxygens (including phenoxy) is 1. The summed E-state index contributed by atoms with van der Waals surface area (Å²) in [5.74, 6) is 0.294. The molecule has 0 aliphatic carbocycles. The molecule has 28 heavy (non-hydrogen) atoms. The molecule has 0 aliphatic heterocycles. The highest BCUT2D eigenvalue weighted by atomic mass is 32.1. The number of carbonyl (C=O) groups excluding carboxylic acids is 2. The van der Waals surface area contributed by atoms with Gasteiger partial charge >= 0.3 is 0 Å². The quantitative estimate of drug-likeness (QED) is 0.665. The third-order valence-electron chi connectivity index (χ3n) is 4.09. The number of hydrogen-bond donors (Lipinski definition) is 1. The maximum absolute atomic E-state index is 12.4. The Morgan fingerprint density at radius 3 is 2.50 bits per heavy atom. The lowest BCUT2D eigenvalue weighted by atomic mass is 10.2. The summed E-state index contributed by atoms with van der Waals surface area (Å²) in [4.78, 5) is 30.5. The van der Waals surface area contributed by atoms with Crippen LogP contribution in [0.3, 0.4) is 0 Å². The highest BCUT2D eigenvalue weighted by molar-refractivity contribution is 7.13. The minimum Gasteiger partial charge on any atom is -0.497 e. The molecule has 1 N–H and O–H groups in total. The zero-order chi connectivity index (χ0) is 19.9. The Morgan fingerprint density at radius 1 is 1.11 bits per heavy atom. The molecule has 0 saturated heterocycles. The van der Waals surface area contributed by atoms with Gasteiger partial charge in [0, 0.05) is 23.7 Å². The number of amides is 2. The first-order valence-corrected chi connectivity index (χ1v) is 9.61. The Bertz CT molecular complexity index is 939. The van der Waals surface area contributed by atoms with Crippen LogP contribution in [-0.4, -0.2) is 42.4 Å². The first-order chi connectivity index (χ1) is 13.5. The smallest absolute Gasteiger partial charge is 0.243 e.